The summed E-state index contributed by atoms with van der Waals surface area (Å²) in [7, 11) is -1.18. The highest BCUT2D eigenvalue weighted by Gasteiger charge is 2.37. The second kappa shape index (κ2) is 5.65. The summed E-state index contributed by atoms with van der Waals surface area (Å²) in [6.07, 6.45) is 2.27. The third-order valence-electron chi connectivity index (χ3n) is 3.69. The van der Waals surface area contributed by atoms with Gasteiger partial charge in [-0.05, 0) is 38.8 Å². The normalized spacial score (nSPS) is 28.6. The standard InChI is InChI=1S/C11H22N2O3S/c1-12-8-10-2-5-13(9-10)17(14,15)11-3-6-16-7-4-11/h10-12H,2-9H2,1H3. The molecule has 0 amide bonds. The minimum Gasteiger partial charge on any atom is -0.381 e. The number of ether oxygens (including phenoxy) is 1. The Labute approximate surface area is 104 Å². The minimum atomic E-state index is -3.09. The second-order valence-electron chi connectivity index (χ2n) is 4.93. The summed E-state index contributed by atoms with van der Waals surface area (Å²) in [5.41, 5.74) is 0. The average Bonchev–Trinajstić information content (AvgIpc) is 2.80. The molecule has 0 aromatic heterocycles. The Hall–Kier alpha value is -0.170. The Morgan fingerprint density at radius 1 is 1.29 bits per heavy atom. The maximum absolute atomic E-state index is 12.4. The molecule has 0 radical (unpaired) electrons. The third kappa shape index (κ3) is 2.99. The van der Waals surface area contributed by atoms with Gasteiger partial charge in [-0.15, -0.1) is 0 Å². The summed E-state index contributed by atoms with van der Waals surface area (Å²) in [6.45, 7) is 3.43. The van der Waals surface area contributed by atoms with Crippen molar-refractivity contribution in [3.05, 3.63) is 0 Å². The second-order valence-corrected chi connectivity index (χ2v) is 7.14. The summed E-state index contributed by atoms with van der Waals surface area (Å²) < 4.78 is 31.7. The number of hydrogen-bond acceptors (Lipinski definition) is 4. The van der Waals surface area contributed by atoms with Crippen molar-refractivity contribution in [2.24, 2.45) is 5.92 Å². The van der Waals surface area contributed by atoms with E-state index in [0.29, 0.717) is 45.1 Å². The first-order chi connectivity index (χ1) is 8.14. The molecule has 0 aromatic rings. The van der Waals surface area contributed by atoms with Gasteiger partial charge >= 0.3 is 0 Å². The van der Waals surface area contributed by atoms with Crippen LogP contribution >= 0.6 is 0 Å². The van der Waals surface area contributed by atoms with Crippen LogP contribution in [-0.2, 0) is 14.8 Å². The lowest BCUT2D eigenvalue weighted by Crippen LogP contribution is -2.40. The van der Waals surface area contributed by atoms with Crippen molar-refractivity contribution in [3.8, 4) is 0 Å². The molecular weight excluding hydrogens is 240 g/mol. The number of sulfonamides is 1. The van der Waals surface area contributed by atoms with E-state index in [1.807, 2.05) is 7.05 Å². The topological polar surface area (TPSA) is 58.6 Å². The van der Waals surface area contributed by atoms with Crippen LogP contribution in [0.3, 0.4) is 0 Å². The molecule has 0 spiro atoms. The van der Waals surface area contributed by atoms with Gasteiger partial charge in [0.25, 0.3) is 0 Å². The van der Waals surface area contributed by atoms with E-state index in [1.165, 1.54) is 0 Å². The quantitative estimate of drug-likeness (QED) is 0.777. The fourth-order valence-corrected chi connectivity index (χ4v) is 4.66. The Morgan fingerprint density at radius 2 is 2.00 bits per heavy atom. The summed E-state index contributed by atoms with van der Waals surface area (Å²) in [5, 5.41) is 2.90. The Kier molecular flexibility index (Phi) is 4.41. The summed E-state index contributed by atoms with van der Waals surface area (Å²) in [6, 6.07) is 0. The maximum atomic E-state index is 12.4. The van der Waals surface area contributed by atoms with Gasteiger partial charge in [0.15, 0.2) is 0 Å². The molecule has 2 aliphatic rings. The first-order valence-electron chi connectivity index (χ1n) is 6.36. The van der Waals surface area contributed by atoms with E-state index in [4.69, 9.17) is 4.74 Å². The number of nitrogens with zero attached hydrogens (tertiary/aromatic N) is 1. The Balaban J connectivity index is 1.96. The molecule has 0 aromatic carbocycles. The monoisotopic (exact) mass is 262 g/mol. The SMILES string of the molecule is CNCC1CCN(S(=O)(=O)C2CCOCC2)C1. The Bertz CT molecular complexity index is 339. The van der Waals surface area contributed by atoms with Crippen LogP contribution in [-0.4, -0.2) is 57.9 Å². The van der Waals surface area contributed by atoms with Gasteiger partial charge in [-0.2, -0.15) is 0 Å². The van der Waals surface area contributed by atoms with E-state index in [1.54, 1.807) is 4.31 Å². The van der Waals surface area contributed by atoms with Gasteiger partial charge < -0.3 is 10.1 Å². The zero-order chi connectivity index (χ0) is 12.3. The molecule has 2 saturated heterocycles. The molecule has 1 atom stereocenters. The molecule has 2 fully saturated rings. The van der Waals surface area contributed by atoms with Gasteiger partial charge in [0.2, 0.25) is 10.0 Å². The van der Waals surface area contributed by atoms with Crippen LogP contribution in [0.5, 0.6) is 0 Å². The van der Waals surface area contributed by atoms with Crippen molar-refractivity contribution in [3.63, 3.8) is 0 Å². The van der Waals surface area contributed by atoms with Crippen LogP contribution < -0.4 is 5.32 Å². The molecule has 1 unspecified atom stereocenters. The lowest BCUT2D eigenvalue weighted by molar-refractivity contribution is 0.0973. The van der Waals surface area contributed by atoms with Gasteiger partial charge in [0.05, 0.1) is 5.25 Å². The van der Waals surface area contributed by atoms with Crippen LogP contribution in [0.2, 0.25) is 0 Å². The van der Waals surface area contributed by atoms with Gasteiger partial charge in [0.1, 0.15) is 0 Å². The summed E-state index contributed by atoms with van der Waals surface area (Å²) in [5.74, 6) is 0.467. The van der Waals surface area contributed by atoms with E-state index in [-0.39, 0.29) is 5.25 Å². The molecule has 5 nitrogen and oxygen atoms in total. The highest BCUT2D eigenvalue weighted by atomic mass is 32.2. The highest BCUT2D eigenvalue weighted by Crippen LogP contribution is 2.25. The molecule has 1 N–H and O–H groups in total. The van der Waals surface area contributed by atoms with Gasteiger partial charge in [-0.3, -0.25) is 0 Å². The smallest absolute Gasteiger partial charge is 0.217 e. The van der Waals surface area contributed by atoms with E-state index in [9.17, 15) is 8.42 Å². The highest BCUT2D eigenvalue weighted by molar-refractivity contribution is 7.89. The number of hydrogen-bond donors (Lipinski definition) is 1. The molecule has 17 heavy (non-hydrogen) atoms. The third-order valence-corrected chi connectivity index (χ3v) is 6.06. The van der Waals surface area contributed by atoms with Crippen LogP contribution in [0.4, 0.5) is 0 Å². The van der Waals surface area contributed by atoms with Gasteiger partial charge in [-0.1, -0.05) is 0 Å². The van der Waals surface area contributed by atoms with E-state index in [0.717, 1.165) is 13.0 Å². The van der Waals surface area contributed by atoms with E-state index in [2.05, 4.69) is 5.32 Å². The molecule has 2 aliphatic heterocycles. The van der Waals surface area contributed by atoms with Gasteiger partial charge in [-0.25, -0.2) is 12.7 Å². The van der Waals surface area contributed by atoms with Crippen LogP contribution in [0, 0.1) is 5.92 Å². The fraction of sp³-hybridized carbons (Fsp3) is 1.00. The summed E-state index contributed by atoms with van der Waals surface area (Å²) >= 11 is 0. The van der Waals surface area contributed by atoms with Crippen LogP contribution in [0.1, 0.15) is 19.3 Å². The van der Waals surface area contributed by atoms with Gasteiger partial charge in [0, 0.05) is 26.3 Å². The van der Waals surface area contributed by atoms with Crippen LogP contribution in [0.15, 0.2) is 0 Å². The minimum absolute atomic E-state index is 0.218. The van der Waals surface area contributed by atoms with Crippen molar-refractivity contribution in [1.82, 2.24) is 9.62 Å². The maximum Gasteiger partial charge on any atom is 0.217 e. The molecule has 2 rings (SSSR count). The fourth-order valence-electron chi connectivity index (χ4n) is 2.67. The predicted molar refractivity (Wildman–Crippen MR) is 66.4 cm³/mol. The van der Waals surface area contributed by atoms with Crippen molar-refractivity contribution < 1.29 is 13.2 Å². The number of rotatable bonds is 4. The van der Waals surface area contributed by atoms with Crippen molar-refractivity contribution >= 4 is 10.0 Å². The largest absolute Gasteiger partial charge is 0.381 e. The van der Waals surface area contributed by atoms with Crippen LogP contribution in [0.25, 0.3) is 0 Å². The van der Waals surface area contributed by atoms with E-state index >= 15 is 0 Å². The lowest BCUT2D eigenvalue weighted by atomic mass is 10.1. The first kappa shape index (κ1) is 13.3. The molecule has 100 valence electrons. The molecule has 2 heterocycles. The molecule has 0 bridgehead atoms. The molecule has 0 aliphatic carbocycles. The zero-order valence-electron chi connectivity index (χ0n) is 10.4. The number of nitrogens with one attached hydrogen (secondary N) is 1. The zero-order valence-corrected chi connectivity index (χ0v) is 11.2. The lowest BCUT2D eigenvalue weighted by Gasteiger charge is -2.27. The van der Waals surface area contributed by atoms with Crippen molar-refractivity contribution in [1.29, 1.82) is 0 Å². The molecular formula is C11H22N2O3S. The first-order valence-corrected chi connectivity index (χ1v) is 7.86. The van der Waals surface area contributed by atoms with Crippen molar-refractivity contribution in [2.75, 3.05) is 39.9 Å². The summed E-state index contributed by atoms with van der Waals surface area (Å²) in [4.78, 5) is 0. The van der Waals surface area contributed by atoms with E-state index < -0.39 is 10.0 Å². The predicted octanol–water partition coefficient (Wildman–Crippen LogP) is 0.0365. The molecule has 0 saturated carbocycles. The molecule has 6 heteroatoms. The average molecular weight is 262 g/mol. The Morgan fingerprint density at radius 3 is 2.65 bits per heavy atom. The van der Waals surface area contributed by atoms with Crippen molar-refractivity contribution in [2.45, 2.75) is 24.5 Å².